The van der Waals surface area contributed by atoms with Crippen molar-refractivity contribution in [3.05, 3.63) is 53.7 Å². The van der Waals surface area contributed by atoms with Gasteiger partial charge in [0.15, 0.2) is 0 Å². The summed E-state index contributed by atoms with van der Waals surface area (Å²) >= 11 is 0. The molecule has 0 aliphatic rings. The molecule has 0 fully saturated rings. The molecule has 6 heteroatoms. The van der Waals surface area contributed by atoms with Crippen molar-refractivity contribution in [3.8, 4) is 0 Å². The number of amides is 1. The van der Waals surface area contributed by atoms with Crippen LogP contribution in [-0.2, 0) is 0 Å². The number of nitrogens with two attached hydrogens (primary N) is 2. The van der Waals surface area contributed by atoms with Crippen molar-refractivity contribution in [2.24, 2.45) is 5.73 Å². The second-order valence-corrected chi connectivity index (χ2v) is 4.32. The highest BCUT2D eigenvalue weighted by Gasteiger charge is 2.15. The number of pyridine rings is 1. The average molecular weight is 272 g/mol. The van der Waals surface area contributed by atoms with Crippen LogP contribution < -0.4 is 16.8 Å². The minimum absolute atomic E-state index is 0.145. The quantitative estimate of drug-likeness (QED) is 0.646. The summed E-state index contributed by atoms with van der Waals surface area (Å²) in [6, 6.07) is 10.4. The largest absolute Gasteiger partial charge is 0.397 e. The van der Waals surface area contributed by atoms with Gasteiger partial charge in [-0.15, -0.1) is 0 Å². The van der Waals surface area contributed by atoms with Crippen molar-refractivity contribution < 1.29 is 9.90 Å². The molecule has 0 aliphatic carbocycles. The maximum atomic E-state index is 11.4. The first kappa shape index (κ1) is 13.8. The Kier molecular flexibility index (Phi) is 4.17. The van der Waals surface area contributed by atoms with Crippen LogP contribution in [-0.4, -0.2) is 22.6 Å². The molecular weight excluding hydrogens is 256 g/mol. The molecule has 1 heterocycles. The SMILES string of the molecule is NC(=O)c1cc(N)cnc1NC(CO)c1ccccc1. The molecular formula is C14H16N4O2. The lowest BCUT2D eigenvalue weighted by Gasteiger charge is -2.18. The van der Waals surface area contributed by atoms with Gasteiger partial charge in [0.2, 0.25) is 0 Å². The Morgan fingerprint density at radius 1 is 1.35 bits per heavy atom. The fraction of sp³-hybridized carbons (Fsp3) is 0.143. The van der Waals surface area contributed by atoms with Crippen molar-refractivity contribution in [2.45, 2.75) is 6.04 Å². The number of aliphatic hydroxyl groups excluding tert-OH is 1. The van der Waals surface area contributed by atoms with E-state index in [1.807, 2.05) is 30.3 Å². The van der Waals surface area contributed by atoms with E-state index in [4.69, 9.17) is 11.5 Å². The van der Waals surface area contributed by atoms with Crippen LogP contribution in [0.5, 0.6) is 0 Å². The minimum Gasteiger partial charge on any atom is -0.397 e. The first-order valence-corrected chi connectivity index (χ1v) is 6.09. The van der Waals surface area contributed by atoms with E-state index in [0.717, 1.165) is 5.56 Å². The molecule has 0 saturated heterocycles. The van der Waals surface area contributed by atoms with E-state index in [-0.39, 0.29) is 18.2 Å². The highest BCUT2D eigenvalue weighted by Crippen LogP contribution is 2.21. The summed E-state index contributed by atoms with van der Waals surface area (Å²) in [4.78, 5) is 15.5. The Labute approximate surface area is 116 Å². The predicted molar refractivity (Wildman–Crippen MR) is 77.1 cm³/mol. The van der Waals surface area contributed by atoms with Gasteiger partial charge in [-0.2, -0.15) is 0 Å². The Morgan fingerprint density at radius 3 is 2.65 bits per heavy atom. The summed E-state index contributed by atoms with van der Waals surface area (Å²) in [5.41, 5.74) is 12.3. The molecule has 1 aromatic carbocycles. The van der Waals surface area contributed by atoms with E-state index in [9.17, 15) is 9.90 Å². The lowest BCUT2D eigenvalue weighted by molar-refractivity contribution is 0.100. The maximum Gasteiger partial charge on any atom is 0.252 e. The molecule has 0 radical (unpaired) electrons. The van der Waals surface area contributed by atoms with Crippen LogP contribution in [0.3, 0.4) is 0 Å². The summed E-state index contributed by atoms with van der Waals surface area (Å²) in [5.74, 6) is -0.327. The molecule has 0 bridgehead atoms. The number of nitrogens with zero attached hydrogens (tertiary/aromatic N) is 1. The number of nitrogens with one attached hydrogen (secondary N) is 1. The smallest absolute Gasteiger partial charge is 0.252 e. The second-order valence-electron chi connectivity index (χ2n) is 4.32. The average Bonchev–Trinajstić information content (AvgIpc) is 2.46. The highest BCUT2D eigenvalue weighted by atomic mass is 16.3. The van der Waals surface area contributed by atoms with Gasteiger partial charge < -0.3 is 21.9 Å². The number of carbonyl (C=O) groups excluding carboxylic acids is 1. The van der Waals surface area contributed by atoms with Gasteiger partial charge in [-0.05, 0) is 11.6 Å². The van der Waals surface area contributed by atoms with Crippen molar-refractivity contribution in [1.29, 1.82) is 0 Å². The lowest BCUT2D eigenvalue weighted by Crippen LogP contribution is -2.20. The minimum atomic E-state index is -0.628. The normalized spacial score (nSPS) is 11.8. The van der Waals surface area contributed by atoms with Crippen LogP contribution in [0.1, 0.15) is 22.0 Å². The summed E-state index contributed by atoms with van der Waals surface area (Å²) < 4.78 is 0. The van der Waals surface area contributed by atoms with Crippen LogP contribution in [0.2, 0.25) is 0 Å². The molecule has 2 rings (SSSR count). The van der Waals surface area contributed by atoms with Crippen LogP contribution in [0.15, 0.2) is 42.6 Å². The molecule has 1 amide bonds. The molecule has 2 aromatic rings. The van der Waals surface area contributed by atoms with Crippen molar-refractivity contribution in [2.75, 3.05) is 17.7 Å². The number of carbonyl (C=O) groups is 1. The second kappa shape index (κ2) is 6.03. The number of rotatable bonds is 5. The van der Waals surface area contributed by atoms with E-state index < -0.39 is 5.91 Å². The van der Waals surface area contributed by atoms with Gasteiger partial charge in [-0.3, -0.25) is 4.79 Å². The molecule has 104 valence electrons. The van der Waals surface area contributed by atoms with Gasteiger partial charge in [-0.1, -0.05) is 30.3 Å². The van der Waals surface area contributed by atoms with Crippen LogP contribution in [0, 0.1) is 0 Å². The third kappa shape index (κ3) is 3.04. The third-order valence-corrected chi connectivity index (χ3v) is 2.87. The number of aliphatic hydroxyl groups is 1. The van der Waals surface area contributed by atoms with E-state index in [2.05, 4.69) is 10.3 Å². The molecule has 0 spiro atoms. The van der Waals surface area contributed by atoms with Gasteiger partial charge in [-0.25, -0.2) is 4.98 Å². The van der Waals surface area contributed by atoms with E-state index in [1.165, 1.54) is 12.3 Å². The van der Waals surface area contributed by atoms with Gasteiger partial charge in [0.25, 0.3) is 5.91 Å². The third-order valence-electron chi connectivity index (χ3n) is 2.87. The zero-order chi connectivity index (χ0) is 14.5. The molecule has 0 aliphatic heterocycles. The molecule has 1 unspecified atom stereocenters. The summed E-state index contributed by atoms with van der Waals surface area (Å²) in [6.07, 6.45) is 1.42. The molecule has 1 atom stereocenters. The number of hydrogen-bond donors (Lipinski definition) is 4. The van der Waals surface area contributed by atoms with Crippen LogP contribution in [0.25, 0.3) is 0 Å². The number of benzene rings is 1. The monoisotopic (exact) mass is 272 g/mol. The first-order valence-electron chi connectivity index (χ1n) is 6.09. The van der Waals surface area contributed by atoms with Gasteiger partial charge in [0, 0.05) is 0 Å². The van der Waals surface area contributed by atoms with E-state index in [0.29, 0.717) is 11.5 Å². The summed E-state index contributed by atoms with van der Waals surface area (Å²) in [6.45, 7) is -0.145. The van der Waals surface area contributed by atoms with E-state index >= 15 is 0 Å². The molecule has 1 aromatic heterocycles. The van der Waals surface area contributed by atoms with Gasteiger partial charge in [0.1, 0.15) is 5.82 Å². The summed E-state index contributed by atoms with van der Waals surface area (Å²) in [7, 11) is 0. The zero-order valence-electron chi connectivity index (χ0n) is 10.8. The Hall–Kier alpha value is -2.60. The topological polar surface area (TPSA) is 114 Å². The Bertz CT molecular complexity index is 601. The number of aromatic nitrogens is 1. The molecule has 6 N–H and O–H groups in total. The predicted octanol–water partition coefficient (Wildman–Crippen LogP) is 0.908. The van der Waals surface area contributed by atoms with Crippen molar-refractivity contribution >= 4 is 17.4 Å². The van der Waals surface area contributed by atoms with Gasteiger partial charge >= 0.3 is 0 Å². The van der Waals surface area contributed by atoms with Crippen LogP contribution >= 0.6 is 0 Å². The molecule has 0 saturated carbocycles. The highest BCUT2D eigenvalue weighted by molar-refractivity contribution is 5.98. The fourth-order valence-electron chi connectivity index (χ4n) is 1.87. The number of hydrogen-bond acceptors (Lipinski definition) is 5. The lowest BCUT2D eigenvalue weighted by atomic mass is 10.1. The number of nitrogen functional groups attached to an aromatic ring is 1. The number of anilines is 2. The van der Waals surface area contributed by atoms with Crippen LogP contribution in [0.4, 0.5) is 11.5 Å². The molecule has 6 nitrogen and oxygen atoms in total. The Morgan fingerprint density at radius 2 is 2.05 bits per heavy atom. The number of primary amides is 1. The zero-order valence-corrected chi connectivity index (χ0v) is 10.8. The van der Waals surface area contributed by atoms with Crippen molar-refractivity contribution in [1.82, 2.24) is 4.98 Å². The fourth-order valence-corrected chi connectivity index (χ4v) is 1.87. The summed E-state index contributed by atoms with van der Waals surface area (Å²) in [5, 5.41) is 12.5. The molecule has 20 heavy (non-hydrogen) atoms. The first-order chi connectivity index (χ1) is 9.61. The van der Waals surface area contributed by atoms with E-state index in [1.54, 1.807) is 0 Å². The maximum absolute atomic E-state index is 11.4. The standard InChI is InChI=1S/C14H16N4O2/c15-10-6-11(13(16)20)14(17-7-10)18-12(8-19)9-4-2-1-3-5-9/h1-7,12,19H,8,15H2,(H2,16,20)(H,17,18). The Balaban J connectivity index is 2.31. The van der Waals surface area contributed by atoms with Crippen molar-refractivity contribution in [3.63, 3.8) is 0 Å². The van der Waals surface area contributed by atoms with Gasteiger partial charge in [0.05, 0.1) is 30.1 Å².